The molecule has 42 heavy (non-hydrogen) atoms. The van der Waals surface area contributed by atoms with Crippen molar-refractivity contribution >= 4 is 17.3 Å². The molecule has 1 aromatic carbocycles. The molecular weight excluding hydrogens is 532 g/mol. The van der Waals surface area contributed by atoms with Crippen molar-refractivity contribution in [3.63, 3.8) is 0 Å². The summed E-state index contributed by atoms with van der Waals surface area (Å²) in [6.07, 6.45) is 6.76. The molecule has 7 heteroatoms. The highest BCUT2D eigenvalue weighted by Gasteiger charge is 2.71. The van der Waals surface area contributed by atoms with Gasteiger partial charge in [0.05, 0.1) is 5.56 Å². The second kappa shape index (κ2) is 10.1. The van der Waals surface area contributed by atoms with Crippen molar-refractivity contribution in [2.24, 2.45) is 28.6 Å². The molecule has 0 amide bonds. The van der Waals surface area contributed by atoms with Crippen LogP contribution in [-0.4, -0.2) is 43.4 Å². The molecule has 4 aliphatic rings. The molecule has 0 aromatic heterocycles. The maximum atomic E-state index is 14.5. The number of hydrogen-bond acceptors (Lipinski definition) is 7. The maximum Gasteiger partial charge on any atom is 0.209 e. The van der Waals surface area contributed by atoms with E-state index in [-0.39, 0.29) is 40.9 Å². The molecule has 4 N–H and O–H groups in total. The lowest BCUT2D eigenvalue weighted by molar-refractivity contribution is -0.171. The summed E-state index contributed by atoms with van der Waals surface area (Å²) in [5, 5.41) is 47.1. The smallest absolute Gasteiger partial charge is 0.209 e. The van der Waals surface area contributed by atoms with Crippen LogP contribution in [0.15, 0.2) is 28.7 Å². The minimum Gasteiger partial charge on any atom is -0.511 e. The van der Waals surface area contributed by atoms with E-state index in [4.69, 9.17) is 0 Å². The van der Waals surface area contributed by atoms with Gasteiger partial charge in [-0.05, 0) is 60.6 Å². The Balaban J connectivity index is 1.75. The van der Waals surface area contributed by atoms with Gasteiger partial charge >= 0.3 is 0 Å². The predicted octanol–water partition coefficient (Wildman–Crippen LogP) is 6.59. The molecule has 0 heterocycles. The molecule has 1 fully saturated rings. The largest absolute Gasteiger partial charge is 0.511 e. The van der Waals surface area contributed by atoms with Crippen LogP contribution >= 0.6 is 0 Å². The molecule has 5 rings (SSSR count). The molecule has 4 atom stereocenters. The van der Waals surface area contributed by atoms with Crippen molar-refractivity contribution in [2.75, 3.05) is 0 Å². The van der Waals surface area contributed by atoms with E-state index in [1.807, 2.05) is 26.8 Å². The summed E-state index contributed by atoms with van der Waals surface area (Å²) in [6, 6.07) is 2.05. The molecule has 0 radical (unpaired) electrons. The average molecular weight is 579 g/mol. The van der Waals surface area contributed by atoms with Crippen LogP contribution in [0.25, 0.3) is 0 Å². The number of carbonyl (C=O) groups is 3. The first-order chi connectivity index (χ1) is 19.5. The lowest BCUT2D eigenvalue weighted by Crippen LogP contribution is -2.67. The number of phenols is 1. The van der Waals surface area contributed by atoms with Gasteiger partial charge in [-0.3, -0.25) is 14.4 Å². The minimum atomic E-state index is -2.59. The summed E-state index contributed by atoms with van der Waals surface area (Å²) in [7, 11) is 0. The van der Waals surface area contributed by atoms with E-state index in [1.54, 1.807) is 6.92 Å². The van der Waals surface area contributed by atoms with E-state index in [1.165, 1.54) is 6.42 Å². The Kier molecular flexibility index (Phi) is 7.32. The molecule has 0 spiro atoms. The van der Waals surface area contributed by atoms with Crippen molar-refractivity contribution in [3.05, 3.63) is 51.0 Å². The van der Waals surface area contributed by atoms with E-state index in [9.17, 15) is 34.8 Å². The highest BCUT2D eigenvalue weighted by molar-refractivity contribution is 6.25. The molecule has 0 saturated heterocycles. The number of aromatic hydroxyl groups is 1. The second-order valence-corrected chi connectivity index (χ2v) is 14.7. The molecule has 228 valence electrons. The maximum absolute atomic E-state index is 14.5. The van der Waals surface area contributed by atoms with Crippen molar-refractivity contribution in [2.45, 2.75) is 111 Å². The number of rotatable bonds is 5. The third-order valence-corrected chi connectivity index (χ3v) is 11.0. The molecule has 0 bridgehead atoms. The Bertz CT molecular complexity index is 1440. The molecule has 1 saturated carbocycles. The number of ketones is 3. The first-order valence-electron chi connectivity index (χ1n) is 15.6. The third kappa shape index (κ3) is 4.05. The number of carbonyl (C=O) groups excluding carboxylic acids is 3. The SMILES string of the molecule is CC(=O)C1=C(O)C(C(C)C)[C@@]2(C)C[C@@]3(C)Cc4c(C(C)C)cc(CC5CCCCC5)c(O)c4C(=O)C3=C(O)[C@@]2(O)C1=O. The molecule has 4 aliphatic carbocycles. The standard InChI is InChI=1S/C35H46O7/c1-17(2)22-14-21(13-20-11-9-8-10-12-20)28(37)25-23(22)15-33(6)16-34(7)26(18(3)4)29(38)24(19(5)36)31(40)35(34,42)32(41)27(33)30(25)39/h14,17-18,20,26,37-38,41-42H,8-13,15-16H2,1-7H3/t26?,33-,34-,35+/m1/s1. The van der Waals surface area contributed by atoms with Crippen LogP contribution in [0.3, 0.4) is 0 Å². The van der Waals surface area contributed by atoms with E-state index >= 15 is 0 Å². The van der Waals surface area contributed by atoms with E-state index in [0.717, 1.165) is 49.3 Å². The Morgan fingerprint density at radius 3 is 2.19 bits per heavy atom. The van der Waals surface area contributed by atoms with Crippen LogP contribution < -0.4 is 0 Å². The predicted molar refractivity (Wildman–Crippen MR) is 160 cm³/mol. The Morgan fingerprint density at radius 2 is 1.64 bits per heavy atom. The fourth-order valence-electron chi connectivity index (χ4n) is 9.26. The fourth-order valence-corrected chi connectivity index (χ4v) is 9.26. The van der Waals surface area contributed by atoms with Crippen LogP contribution in [0.2, 0.25) is 0 Å². The van der Waals surface area contributed by atoms with Gasteiger partial charge in [0.15, 0.2) is 17.2 Å². The van der Waals surface area contributed by atoms with Crippen molar-refractivity contribution in [1.29, 1.82) is 0 Å². The van der Waals surface area contributed by atoms with Crippen molar-refractivity contribution < 1.29 is 34.8 Å². The van der Waals surface area contributed by atoms with Crippen LogP contribution in [0.4, 0.5) is 0 Å². The summed E-state index contributed by atoms with van der Waals surface area (Å²) < 4.78 is 0. The summed E-state index contributed by atoms with van der Waals surface area (Å²) in [5.74, 6) is -4.23. The lowest BCUT2D eigenvalue weighted by atomic mass is 9.44. The Hall–Kier alpha value is -2.93. The van der Waals surface area contributed by atoms with Gasteiger partial charge < -0.3 is 20.4 Å². The van der Waals surface area contributed by atoms with Crippen LogP contribution in [0.5, 0.6) is 5.75 Å². The van der Waals surface area contributed by atoms with Gasteiger partial charge in [0.25, 0.3) is 0 Å². The fraction of sp³-hybridized carbons (Fsp3) is 0.629. The third-order valence-electron chi connectivity index (χ3n) is 11.0. The minimum absolute atomic E-state index is 0.0702. The monoisotopic (exact) mass is 578 g/mol. The van der Waals surface area contributed by atoms with Gasteiger partial charge in [-0.25, -0.2) is 0 Å². The number of aliphatic hydroxyl groups excluding tert-OH is 2. The Labute approximate surface area is 248 Å². The van der Waals surface area contributed by atoms with E-state index < -0.39 is 51.0 Å². The number of phenolic OH excluding ortho intramolecular Hbond substituents is 1. The summed E-state index contributed by atoms with van der Waals surface area (Å²) in [5.41, 5.74) is -3.04. The van der Waals surface area contributed by atoms with Gasteiger partial charge in [0.2, 0.25) is 5.78 Å². The zero-order valence-corrected chi connectivity index (χ0v) is 26.1. The zero-order chi connectivity index (χ0) is 31.1. The molecular formula is C35H46O7. The highest BCUT2D eigenvalue weighted by Crippen LogP contribution is 2.65. The van der Waals surface area contributed by atoms with Gasteiger partial charge in [-0.2, -0.15) is 0 Å². The second-order valence-electron chi connectivity index (χ2n) is 14.7. The number of aliphatic hydroxyl groups is 3. The number of allylic oxidation sites excluding steroid dienone is 2. The summed E-state index contributed by atoms with van der Waals surface area (Å²) in [4.78, 5) is 41.0. The number of hydrogen-bond donors (Lipinski definition) is 4. The average Bonchev–Trinajstić information content (AvgIpc) is 2.87. The van der Waals surface area contributed by atoms with Gasteiger partial charge in [-0.15, -0.1) is 0 Å². The molecule has 0 aliphatic heterocycles. The van der Waals surface area contributed by atoms with E-state index in [2.05, 4.69) is 13.8 Å². The van der Waals surface area contributed by atoms with Crippen LogP contribution in [0.1, 0.15) is 120 Å². The first kappa shape index (κ1) is 30.5. The number of benzene rings is 1. The summed E-state index contributed by atoms with van der Waals surface area (Å²) >= 11 is 0. The summed E-state index contributed by atoms with van der Waals surface area (Å²) in [6.45, 7) is 12.5. The molecule has 1 aromatic rings. The highest BCUT2D eigenvalue weighted by atomic mass is 16.3. The van der Waals surface area contributed by atoms with Gasteiger partial charge in [0, 0.05) is 22.3 Å². The zero-order valence-electron chi connectivity index (χ0n) is 26.1. The number of Topliss-reactive ketones (excluding diaryl/α,β-unsaturated/α-hetero) is 3. The van der Waals surface area contributed by atoms with Gasteiger partial charge in [0.1, 0.15) is 22.8 Å². The molecule has 1 unspecified atom stereocenters. The molecule has 7 nitrogen and oxygen atoms in total. The lowest BCUT2D eigenvalue weighted by Gasteiger charge is -2.59. The van der Waals surface area contributed by atoms with Crippen molar-refractivity contribution in [3.8, 4) is 5.75 Å². The van der Waals surface area contributed by atoms with Crippen LogP contribution in [0, 0.1) is 28.6 Å². The van der Waals surface area contributed by atoms with Crippen LogP contribution in [-0.2, 0) is 22.4 Å². The quantitative estimate of drug-likeness (QED) is 0.290. The number of fused-ring (bicyclic) bond motifs is 3. The first-order valence-corrected chi connectivity index (χ1v) is 15.6. The Morgan fingerprint density at radius 1 is 1.02 bits per heavy atom. The van der Waals surface area contributed by atoms with E-state index in [0.29, 0.717) is 18.8 Å². The van der Waals surface area contributed by atoms with Crippen molar-refractivity contribution in [1.82, 2.24) is 0 Å². The van der Waals surface area contributed by atoms with Gasteiger partial charge in [-0.1, -0.05) is 79.7 Å². The normalized spacial score (nSPS) is 31.9. The topological polar surface area (TPSA) is 132 Å².